The lowest BCUT2D eigenvalue weighted by atomic mass is 10.2. The first-order chi connectivity index (χ1) is 8.93. The van der Waals surface area contributed by atoms with Crippen molar-refractivity contribution in [2.75, 3.05) is 23.1 Å². The Labute approximate surface area is 122 Å². The van der Waals surface area contributed by atoms with Crippen molar-refractivity contribution in [2.45, 2.75) is 39.3 Å². The number of carbonyl (C=O) groups is 1. The van der Waals surface area contributed by atoms with Crippen LogP contribution >= 0.6 is 23.1 Å². The van der Waals surface area contributed by atoms with Gasteiger partial charge in [-0.3, -0.25) is 4.79 Å². The molecule has 7 heteroatoms. The fourth-order valence-electron chi connectivity index (χ4n) is 1.46. The zero-order valence-corrected chi connectivity index (χ0v) is 13.5. The number of nitrogens with two attached hydrogens (primary N) is 1. The van der Waals surface area contributed by atoms with Gasteiger partial charge in [0, 0.05) is 12.1 Å². The highest BCUT2D eigenvalue weighted by atomic mass is 32.2. The first kappa shape index (κ1) is 16.1. The van der Waals surface area contributed by atoms with Gasteiger partial charge in [0.05, 0.1) is 0 Å². The lowest BCUT2D eigenvalue weighted by molar-refractivity contribution is 0.0944. The number of nitrogens with zero attached hydrogens (tertiary/aromatic N) is 1. The summed E-state index contributed by atoms with van der Waals surface area (Å²) in [5.74, 6) is 1.18. The van der Waals surface area contributed by atoms with Gasteiger partial charge in [-0.25, -0.2) is 4.98 Å². The summed E-state index contributed by atoms with van der Waals surface area (Å²) >= 11 is 3.07. The van der Waals surface area contributed by atoms with E-state index in [-0.39, 0.29) is 18.0 Å². The molecule has 0 bridgehead atoms. The average Bonchev–Trinajstić information content (AvgIpc) is 2.66. The minimum Gasteiger partial charge on any atom is -0.382 e. The summed E-state index contributed by atoms with van der Waals surface area (Å²) in [4.78, 5) is 16.7. The molecule has 1 rings (SSSR count). The highest BCUT2D eigenvalue weighted by Gasteiger charge is 2.18. The average molecular weight is 302 g/mol. The van der Waals surface area contributed by atoms with Gasteiger partial charge in [-0.05, 0) is 39.2 Å². The summed E-state index contributed by atoms with van der Waals surface area (Å²) in [6.45, 7) is 6.03. The van der Waals surface area contributed by atoms with Crippen LogP contribution in [0.1, 0.15) is 36.9 Å². The fourth-order valence-corrected chi connectivity index (χ4v) is 2.98. The summed E-state index contributed by atoms with van der Waals surface area (Å²) in [7, 11) is 0. The molecule has 1 aromatic rings. The van der Waals surface area contributed by atoms with Gasteiger partial charge >= 0.3 is 0 Å². The number of nitrogens with one attached hydrogen (secondary N) is 2. The van der Waals surface area contributed by atoms with Crippen LogP contribution in [-0.2, 0) is 0 Å². The molecule has 0 fully saturated rings. The van der Waals surface area contributed by atoms with Crippen molar-refractivity contribution in [3.8, 4) is 0 Å². The lowest BCUT2D eigenvalue weighted by Crippen LogP contribution is -2.32. The summed E-state index contributed by atoms with van der Waals surface area (Å²) in [5.41, 5.74) is 5.79. The number of aromatic nitrogens is 1. The Hall–Kier alpha value is -0.950. The van der Waals surface area contributed by atoms with E-state index in [1.807, 2.05) is 20.8 Å². The molecular weight excluding hydrogens is 280 g/mol. The van der Waals surface area contributed by atoms with Crippen LogP contribution in [0.5, 0.6) is 0 Å². The van der Waals surface area contributed by atoms with E-state index in [2.05, 4.69) is 21.9 Å². The van der Waals surface area contributed by atoms with E-state index in [9.17, 15) is 4.79 Å². The first-order valence-electron chi connectivity index (χ1n) is 6.26. The molecule has 5 nitrogen and oxygen atoms in total. The van der Waals surface area contributed by atoms with Crippen molar-refractivity contribution >= 4 is 40.0 Å². The minimum atomic E-state index is -0.139. The molecule has 19 heavy (non-hydrogen) atoms. The van der Waals surface area contributed by atoms with E-state index < -0.39 is 0 Å². The third-order valence-corrected chi connectivity index (χ3v) is 4.05. The first-order valence-corrected chi connectivity index (χ1v) is 8.47. The number of thiazole rings is 1. The van der Waals surface area contributed by atoms with Gasteiger partial charge in [0.25, 0.3) is 5.91 Å². The monoisotopic (exact) mass is 302 g/mol. The molecule has 1 atom stereocenters. The van der Waals surface area contributed by atoms with Gasteiger partial charge in [0.15, 0.2) is 5.13 Å². The number of hydrogen-bond donors (Lipinski definition) is 3. The normalized spacial score (nSPS) is 12.5. The Balaban J connectivity index is 2.63. The van der Waals surface area contributed by atoms with Gasteiger partial charge in [0.1, 0.15) is 10.7 Å². The molecular formula is C12H22N4OS2. The summed E-state index contributed by atoms with van der Waals surface area (Å²) < 4.78 is 0. The van der Waals surface area contributed by atoms with Crippen LogP contribution in [0.25, 0.3) is 0 Å². The quantitative estimate of drug-likeness (QED) is 0.721. The number of carbonyl (C=O) groups excluding carboxylic acids is 1. The van der Waals surface area contributed by atoms with E-state index >= 15 is 0 Å². The Kier molecular flexibility index (Phi) is 6.44. The van der Waals surface area contributed by atoms with Gasteiger partial charge in [-0.15, -0.1) is 0 Å². The number of amides is 1. The van der Waals surface area contributed by atoms with Gasteiger partial charge < -0.3 is 16.4 Å². The van der Waals surface area contributed by atoms with Crippen LogP contribution in [0.15, 0.2) is 0 Å². The topological polar surface area (TPSA) is 80.0 Å². The lowest BCUT2D eigenvalue weighted by Gasteiger charge is -2.12. The van der Waals surface area contributed by atoms with Crippen molar-refractivity contribution in [1.29, 1.82) is 0 Å². The molecule has 0 aromatic carbocycles. The molecule has 1 heterocycles. The van der Waals surface area contributed by atoms with Gasteiger partial charge in [-0.1, -0.05) is 11.3 Å². The Morgan fingerprint density at radius 2 is 2.16 bits per heavy atom. The molecule has 0 radical (unpaired) electrons. The molecule has 1 amide bonds. The highest BCUT2D eigenvalue weighted by molar-refractivity contribution is 7.98. The molecule has 0 aliphatic heterocycles. The van der Waals surface area contributed by atoms with Crippen molar-refractivity contribution in [3.63, 3.8) is 0 Å². The Morgan fingerprint density at radius 1 is 1.47 bits per heavy atom. The molecule has 0 saturated heterocycles. The van der Waals surface area contributed by atoms with Gasteiger partial charge in [0.2, 0.25) is 0 Å². The van der Waals surface area contributed by atoms with Crippen molar-refractivity contribution < 1.29 is 4.79 Å². The number of thioether (sulfide) groups is 1. The van der Waals surface area contributed by atoms with Crippen LogP contribution in [0.4, 0.5) is 10.9 Å². The van der Waals surface area contributed by atoms with Crippen LogP contribution in [0.2, 0.25) is 0 Å². The maximum atomic E-state index is 12.1. The fraction of sp³-hybridized carbons (Fsp3) is 0.667. The predicted octanol–water partition coefficient (Wildman–Crippen LogP) is 2.42. The minimum absolute atomic E-state index is 0.139. The van der Waals surface area contributed by atoms with E-state index in [1.165, 1.54) is 11.3 Å². The Morgan fingerprint density at radius 3 is 2.74 bits per heavy atom. The van der Waals surface area contributed by atoms with E-state index in [0.717, 1.165) is 12.2 Å². The second-order valence-electron chi connectivity index (χ2n) is 4.69. The maximum absolute atomic E-state index is 12.1. The van der Waals surface area contributed by atoms with Crippen LogP contribution < -0.4 is 16.4 Å². The Bertz CT molecular complexity index is 420. The van der Waals surface area contributed by atoms with E-state index in [1.54, 1.807) is 11.8 Å². The zero-order valence-electron chi connectivity index (χ0n) is 11.8. The van der Waals surface area contributed by atoms with Crippen LogP contribution in [0.3, 0.4) is 0 Å². The number of hydrogen-bond acceptors (Lipinski definition) is 6. The van der Waals surface area contributed by atoms with Gasteiger partial charge in [-0.2, -0.15) is 11.8 Å². The third-order valence-electron chi connectivity index (χ3n) is 2.40. The molecule has 0 spiro atoms. The van der Waals surface area contributed by atoms with Crippen LogP contribution in [0, 0.1) is 0 Å². The molecule has 0 aliphatic carbocycles. The van der Waals surface area contributed by atoms with E-state index in [0.29, 0.717) is 15.8 Å². The number of nitrogen functional groups attached to an aromatic ring is 1. The smallest absolute Gasteiger partial charge is 0.265 e. The molecule has 0 saturated carbocycles. The van der Waals surface area contributed by atoms with Crippen molar-refractivity contribution in [1.82, 2.24) is 10.3 Å². The molecule has 0 aliphatic rings. The summed E-state index contributed by atoms with van der Waals surface area (Å²) in [5, 5.41) is 6.79. The third kappa shape index (κ3) is 5.28. The summed E-state index contributed by atoms with van der Waals surface area (Å²) in [6.07, 6.45) is 3.00. The number of anilines is 2. The number of rotatable bonds is 7. The SMILES string of the molecule is CSCCC(C)NC(=O)c1sc(NC(C)C)nc1N. The highest BCUT2D eigenvalue weighted by Crippen LogP contribution is 2.25. The van der Waals surface area contributed by atoms with Crippen LogP contribution in [-0.4, -0.2) is 35.0 Å². The van der Waals surface area contributed by atoms with E-state index in [4.69, 9.17) is 5.73 Å². The zero-order chi connectivity index (χ0) is 14.4. The van der Waals surface area contributed by atoms with Crippen molar-refractivity contribution in [3.05, 3.63) is 4.88 Å². The molecule has 1 unspecified atom stereocenters. The maximum Gasteiger partial charge on any atom is 0.265 e. The molecule has 108 valence electrons. The standard InChI is InChI=1S/C12H22N4OS2/c1-7(2)14-12-16-10(13)9(19-12)11(17)15-8(3)5-6-18-4/h7-8H,5-6,13H2,1-4H3,(H,14,16)(H,15,17). The predicted molar refractivity (Wildman–Crippen MR) is 85.2 cm³/mol. The molecule has 1 aromatic heterocycles. The second kappa shape index (κ2) is 7.59. The molecule has 4 N–H and O–H groups in total. The summed E-state index contributed by atoms with van der Waals surface area (Å²) in [6, 6.07) is 0.407. The largest absolute Gasteiger partial charge is 0.382 e. The van der Waals surface area contributed by atoms with Crippen molar-refractivity contribution in [2.24, 2.45) is 0 Å². The second-order valence-corrected chi connectivity index (χ2v) is 6.67.